The van der Waals surface area contributed by atoms with Crippen LogP contribution in [0.5, 0.6) is 5.75 Å². The third-order valence-corrected chi connectivity index (χ3v) is 4.81. The summed E-state index contributed by atoms with van der Waals surface area (Å²) >= 11 is 0. The number of H-pyrrole nitrogens is 1. The molecule has 1 N–H and O–H groups in total. The number of hydrogen-bond donors (Lipinski definition) is 1. The Balaban J connectivity index is 1.44. The van der Waals surface area contributed by atoms with Gasteiger partial charge in [-0.15, -0.1) is 0 Å². The summed E-state index contributed by atoms with van der Waals surface area (Å²) < 4.78 is 8.30. The predicted octanol–water partition coefficient (Wildman–Crippen LogP) is 2.91. The second-order valence-electron chi connectivity index (χ2n) is 6.86. The van der Waals surface area contributed by atoms with Gasteiger partial charge in [0.2, 0.25) is 0 Å². The van der Waals surface area contributed by atoms with E-state index in [2.05, 4.69) is 40.0 Å². The van der Waals surface area contributed by atoms with Gasteiger partial charge in [-0.1, -0.05) is 0 Å². The number of pyridine rings is 1. The molecule has 1 unspecified atom stereocenters. The molecule has 0 saturated carbocycles. The maximum atomic E-state index is 11.8. The van der Waals surface area contributed by atoms with Gasteiger partial charge < -0.3 is 14.3 Å². The first-order valence-electron chi connectivity index (χ1n) is 8.79. The maximum absolute atomic E-state index is 11.8. The Bertz CT molecular complexity index is 928. The number of ether oxygens (including phenoxy) is 1. The van der Waals surface area contributed by atoms with E-state index in [1.54, 1.807) is 6.20 Å². The van der Waals surface area contributed by atoms with E-state index in [1.165, 1.54) is 5.56 Å². The molecule has 1 aliphatic heterocycles. The smallest absolute Gasteiger partial charge is 0.255 e. The number of aromatic amines is 1. The van der Waals surface area contributed by atoms with E-state index in [4.69, 9.17) is 4.74 Å². The van der Waals surface area contributed by atoms with Gasteiger partial charge in [-0.2, -0.15) is 0 Å². The number of likely N-dealkylation sites (tertiary alicyclic amines) is 1. The van der Waals surface area contributed by atoms with Crippen LogP contribution in [0.4, 0.5) is 0 Å². The summed E-state index contributed by atoms with van der Waals surface area (Å²) in [6.45, 7) is 3.01. The van der Waals surface area contributed by atoms with Crippen molar-refractivity contribution in [3.05, 3.63) is 64.8 Å². The Kier molecular flexibility index (Phi) is 4.32. The van der Waals surface area contributed by atoms with E-state index < -0.39 is 0 Å². The minimum Gasteiger partial charge on any atom is -0.489 e. The normalized spacial score (nSPS) is 18.5. The van der Waals surface area contributed by atoms with Crippen molar-refractivity contribution in [3.8, 4) is 5.75 Å². The van der Waals surface area contributed by atoms with E-state index in [0.717, 1.165) is 43.6 Å². The first-order chi connectivity index (χ1) is 12.2. The number of nitrogens with one attached hydrogen (secondary N) is 1. The molecular weight excluding hydrogens is 314 g/mol. The molecule has 0 amide bonds. The summed E-state index contributed by atoms with van der Waals surface area (Å²) in [4.78, 5) is 16.9. The molecule has 25 heavy (non-hydrogen) atoms. The lowest BCUT2D eigenvalue weighted by atomic mass is 10.1. The van der Waals surface area contributed by atoms with Gasteiger partial charge in [-0.25, -0.2) is 0 Å². The number of benzene rings is 1. The lowest BCUT2D eigenvalue weighted by Gasteiger charge is -2.32. The quantitative estimate of drug-likeness (QED) is 0.796. The van der Waals surface area contributed by atoms with Crippen molar-refractivity contribution >= 4 is 10.8 Å². The predicted molar refractivity (Wildman–Crippen MR) is 98.9 cm³/mol. The SMILES string of the molecule is Cn1ccc(CN2CCCC(Oc3ccc4c(=O)[nH]ccc4c3)C2)c1. The van der Waals surface area contributed by atoms with Crippen molar-refractivity contribution in [1.82, 2.24) is 14.5 Å². The molecule has 1 fully saturated rings. The first-order valence-corrected chi connectivity index (χ1v) is 8.79. The highest BCUT2D eigenvalue weighted by Crippen LogP contribution is 2.23. The molecule has 5 nitrogen and oxygen atoms in total. The second kappa shape index (κ2) is 6.76. The van der Waals surface area contributed by atoms with Gasteiger partial charge in [0.1, 0.15) is 11.9 Å². The molecule has 0 aliphatic carbocycles. The maximum Gasteiger partial charge on any atom is 0.255 e. The van der Waals surface area contributed by atoms with E-state index in [0.29, 0.717) is 5.39 Å². The molecule has 3 heterocycles. The van der Waals surface area contributed by atoms with Gasteiger partial charge in [0.15, 0.2) is 0 Å². The zero-order valence-corrected chi connectivity index (χ0v) is 14.4. The van der Waals surface area contributed by atoms with Crippen molar-refractivity contribution in [2.75, 3.05) is 13.1 Å². The van der Waals surface area contributed by atoms with Crippen LogP contribution in [0, 0.1) is 0 Å². The lowest BCUT2D eigenvalue weighted by Crippen LogP contribution is -2.40. The van der Waals surface area contributed by atoms with Crippen molar-refractivity contribution in [3.63, 3.8) is 0 Å². The number of aryl methyl sites for hydroxylation is 1. The van der Waals surface area contributed by atoms with Gasteiger partial charge in [0, 0.05) is 44.1 Å². The zero-order chi connectivity index (χ0) is 17.2. The van der Waals surface area contributed by atoms with E-state index >= 15 is 0 Å². The highest BCUT2D eigenvalue weighted by molar-refractivity contribution is 5.82. The molecule has 1 aliphatic rings. The fourth-order valence-electron chi connectivity index (χ4n) is 3.60. The summed E-state index contributed by atoms with van der Waals surface area (Å²) in [6.07, 6.45) is 8.34. The summed E-state index contributed by atoms with van der Waals surface area (Å²) in [7, 11) is 2.05. The molecular formula is C20H23N3O2. The molecule has 1 atom stereocenters. The average molecular weight is 337 g/mol. The molecule has 5 heteroatoms. The molecule has 0 spiro atoms. The molecule has 2 aromatic heterocycles. The standard InChI is InChI=1S/C20H23N3O2/c1-22-10-7-15(12-22)13-23-9-2-3-18(14-23)25-17-4-5-19-16(11-17)6-8-21-20(19)24/h4-8,10-12,18H,2-3,9,13-14H2,1H3,(H,21,24). The molecule has 0 bridgehead atoms. The number of hydrogen-bond acceptors (Lipinski definition) is 3. The van der Waals surface area contributed by atoms with E-state index in [-0.39, 0.29) is 11.7 Å². The van der Waals surface area contributed by atoms with Gasteiger partial charge in [0.25, 0.3) is 5.56 Å². The highest BCUT2D eigenvalue weighted by Gasteiger charge is 2.21. The van der Waals surface area contributed by atoms with Gasteiger partial charge >= 0.3 is 0 Å². The number of nitrogens with zero attached hydrogens (tertiary/aromatic N) is 2. The molecule has 1 saturated heterocycles. The Morgan fingerprint density at radius 2 is 2.20 bits per heavy atom. The molecule has 130 valence electrons. The van der Waals surface area contributed by atoms with Crippen LogP contribution in [-0.2, 0) is 13.6 Å². The van der Waals surface area contributed by atoms with Crippen LogP contribution in [0.1, 0.15) is 18.4 Å². The first kappa shape index (κ1) is 16.0. The van der Waals surface area contributed by atoms with Crippen LogP contribution in [-0.4, -0.2) is 33.6 Å². The highest BCUT2D eigenvalue weighted by atomic mass is 16.5. The molecule has 1 aromatic carbocycles. The summed E-state index contributed by atoms with van der Waals surface area (Å²) in [5.74, 6) is 0.838. The number of piperidine rings is 1. The van der Waals surface area contributed by atoms with Crippen molar-refractivity contribution in [2.45, 2.75) is 25.5 Å². The third kappa shape index (κ3) is 3.61. The summed E-state index contributed by atoms with van der Waals surface area (Å²) in [5, 5.41) is 1.61. The van der Waals surface area contributed by atoms with Crippen LogP contribution in [0.2, 0.25) is 0 Å². The largest absolute Gasteiger partial charge is 0.489 e. The number of aromatic nitrogens is 2. The fourth-order valence-corrected chi connectivity index (χ4v) is 3.60. The van der Waals surface area contributed by atoms with Gasteiger partial charge in [-0.05, 0) is 60.7 Å². The van der Waals surface area contributed by atoms with E-state index in [1.807, 2.05) is 24.3 Å². The van der Waals surface area contributed by atoms with Crippen LogP contribution in [0.3, 0.4) is 0 Å². The fraction of sp³-hybridized carbons (Fsp3) is 0.350. The number of rotatable bonds is 4. The van der Waals surface area contributed by atoms with Crippen LogP contribution < -0.4 is 10.3 Å². The third-order valence-electron chi connectivity index (χ3n) is 4.81. The monoisotopic (exact) mass is 337 g/mol. The Morgan fingerprint density at radius 1 is 1.28 bits per heavy atom. The minimum absolute atomic E-state index is 0.0595. The Morgan fingerprint density at radius 3 is 3.04 bits per heavy atom. The Labute approximate surface area is 146 Å². The molecule has 3 aromatic rings. The topological polar surface area (TPSA) is 50.3 Å². The van der Waals surface area contributed by atoms with Crippen LogP contribution >= 0.6 is 0 Å². The van der Waals surface area contributed by atoms with Crippen LogP contribution in [0.15, 0.2) is 53.7 Å². The van der Waals surface area contributed by atoms with Crippen molar-refractivity contribution < 1.29 is 4.74 Å². The van der Waals surface area contributed by atoms with Gasteiger partial charge in [0.05, 0.1) is 0 Å². The number of fused-ring (bicyclic) bond motifs is 1. The van der Waals surface area contributed by atoms with Crippen molar-refractivity contribution in [1.29, 1.82) is 0 Å². The minimum atomic E-state index is -0.0595. The summed E-state index contributed by atoms with van der Waals surface area (Å²) in [5.41, 5.74) is 1.28. The second-order valence-corrected chi connectivity index (χ2v) is 6.86. The van der Waals surface area contributed by atoms with Crippen LogP contribution in [0.25, 0.3) is 10.8 Å². The molecule has 4 rings (SSSR count). The zero-order valence-electron chi connectivity index (χ0n) is 14.4. The Hall–Kier alpha value is -2.53. The van der Waals surface area contributed by atoms with Gasteiger partial charge in [-0.3, -0.25) is 9.69 Å². The van der Waals surface area contributed by atoms with E-state index in [9.17, 15) is 4.79 Å². The lowest BCUT2D eigenvalue weighted by molar-refractivity contribution is 0.0844. The van der Waals surface area contributed by atoms with Crippen molar-refractivity contribution in [2.24, 2.45) is 7.05 Å². The average Bonchev–Trinajstić information content (AvgIpc) is 3.00. The summed E-state index contributed by atoms with van der Waals surface area (Å²) in [6, 6.07) is 9.78. The molecule has 0 radical (unpaired) electrons.